The maximum atomic E-state index is 9.91. The second kappa shape index (κ2) is 4.28. The van der Waals surface area contributed by atoms with Crippen molar-refractivity contribution < 1.29 is 4.92 Å². The molecule has 0 bridgehead atoms. The average Bonchev–Trinajstić information content (AvgIpc) is 2.05. The highest BCUT2D eigenvalue weighted by molar-refractivity contribution is 5.16. The average molecular weight is 163 g/mol. The first-order valence-electron chi connectivity index (χ1n) is 3.63. The van der Waals surface area contributed by atoms with Gasteiger partial charge in [0.25, 0.3) is 0 Å². The number of benzene rings is 1. The molecule has 0 heterocycles. The Bertz CT molecular complexity index is 280. The number of hydrogen-bond donors (Lipinski definition) is 0. The van der Waals surface area contributed by atoms with Crippen LogP contribution in [0.25, 0.3) is 0 Å². The van der Waals surface area contributed by atoms with Crippen LogP contribution in [0.1, 0.15) is 5.56 Å². The molecule has 0 saturated heterocycles. The summed E-state index contributed by atoms with van der Waals surface area (Å²) in [6.45, 7) is 0. The third kappa shape index (κ3) is 2.96. The highest BCUT2D eigenvalue weighted by Gasteiger charge is 1.88. The molecule has 1 aromatic rings. The molecule has 12 heavy (non-hydrogen) atoms. The van der Waals surface area contributed by atoms with E-state index in [-0.39, 0.29) is 0 Å². The Labute approximate surface area is 70.5 Å². The van der Waals surface area contributed by atoms with Crippen LogP contribution < -0.4 is 0 Å². The molecule has 3 heteroatoms. The topological polar surface area (TPSA) is 43.1 Å². The number of allylic oxidation sites excluding steroid dienone is 1. The summed E-state index contributed by atoms with van der Waals surface area (Å²) in [7, 11) is 0. The van der Waals surface area contributed by atoms with E-state index < -0.39 is 4.92 Å². The molecule has 0 radical (unpaired) electrons. The molecule has 0 spiro atoms. The normalized spacial score (nSPS) is 10.3. The first kappa shape index (κ1) is 8.46. The number of rotatable bonds is 3. The van der Waals surface area contributed by atoms with Crippen molar-refractivity contribution in [1.29, 1.82) is 0 Å². The Morgan fingerprint density at radius 3 is 2.58 bits per heavy atom. The Hall–Kier alpha value is -1.64. The molecule has 0 saturated carbocycles. The fourth-order valence-corrected chi connectivity index (χ4v) is 0.889. The van der Waals surface area contributed by atoms with E-state index >= 15 is 0 Å². The van der Waals surface area contributed by atoms with E-state index in [2.05, 4.69) is 0 Å². The van der Waals surface area contributed by atoms with E-state index in [0.29, 0.717) is 6.42 Å². The molecule has 0 N–H and O–H groups in total. The van der Waals surface area contributed by atoms with Crippen molar-refractivity contribution in [3.63, 3.8) is 0 Å². The molecule has 0 unspecified atom stereocenters. The molecule has 0 fully saturated rings. The zero-order valence-corrected chi connectivity index (χ0v) is 6.51. The Morgan fingerprint density at radius 1 is 1.33 bits per heavy atom. The van der Waals surface area contributed by atoms with Gasteiger partial charge in [-0.05, 0) is 18.1 Å². The zero-order chi connectivity index (χ0) is 8.81. The largest absolute Gasteiger partial charge is 0.259 e. The fraction of sp³-hybridized carbons (Fsp3) is 0.111. The minimum absolute atomic E-state index is 0.455. The monoisotopic (exact) mass is 163 g/mol. The number of nitro groups is 1. The van der Waals surface area contributed by atoms with Crippen molar-refractivity contribution in [2.45, 2.75) is 6.42 Å². The summed E-state index contributed by atoms with van der Waals surface area (Å²) in [4.78, 5) is 9.45. The molecule has 0 atom stereocenters. The summed E-state index contributed by atoms with van der Waals surface area (Å²) in [5.41, 5.74) is 1.08. The summed E-state index contributed by atoms with van der Waals surface area (Å²) < 4.78 is 0. The molecule has 0 aliphatic rings. The molecular weight excluding hydrogens is 154 g/mol. The van der Waals surface area contributed by atoms with E-state index in [9.17, 15) is 10.1 Å². The van der Waals surface area contributed by atoms with Gasteiger partial charge in [-0.25, -0.2) is 0 Å². The summed E-state index contributed by atoms with van der Waals surface area (Å²) in [6, 6.07) is 9.61. The van der Waals surface area contributed by atoms with Crippen molar-refractivity contribution >= 4 is 0 Å². The van der Waals surface area contributed by atoms with Crippen molar-refractivity contribution in [1.82, 2.24) is 0 Å². The third-order valence-electron chi connectivity index (χ3n) is 1.42. The van der Waals surface area contributed by atoms with Crippen LogP contribution in [0.2, 0.25) is 0 Å². The van der Waals surface area contributed by atoms with Gasteiger partial charge < -0.3 is 0 Å². The van der Waals surface area contributed by atoms with Gasteiger partial charge in [-0.2, -0.15) is 0 Å². The Kier molecular flexibility index (Phi) is 3.02. The van der Waals surface area contributed by atoms with Crippen LogP contribution in [0.5, 0.6) is 0 Å². The van der Waals surface area contributed by atoms with E-state index in [1.165, 1.54) is 6.08 Å². The van der Waals surface area contributed by atoms with Crippen molar-refractivity contribution in [3.8, 4) is 0 Å². The molecule has 3 nitrogen and oxygen atoms in total. The van der Waals surface area contributed by atoms with Crippen LogP contribution >= 0.6 is 0 Å². The maximum absolute atomic E-state index is 9.91. The van der Waals surface area contributed by atoms with Gasteiger partial charge >= 0.3 is 0 Å². The van der Waals surface area contributed by atoms with Gasteiger partial charge in [-0.15, -0.1) is 0 Å². The van der Waals surface area contributed by atoms with Gasteiger partial charge in [-0.1, -0.05) is 30.3 Å². The zero-order valence-electron chi connectivity index (χ0n) is 6.51. The lowest BCUT2D eigenvalue weighted by Gasteiger charge is -1.91. The highest BCUT2D eigenvalue weighted by atomic mass is 16.6. The van der Waals surface area contributed by atoms with E-state index in [4.69, 9.17) is 0 Å². The van der Waals surface area contributed by atoms with Crippen molar-refractivity contribution in [3.05, 3.63) is 58.3 Å². The van der Waals surface area contributed by atoms with Crippen molar-refractivity contribution in [2.75, 3.05) is 0 Å². The summed E-state index contributed by atoms with van der Waals surface area (Å²) in [5, 5.41) is 9.91. The molecular formula is C9H9NO2. The third-order valence-corrected chi connectivity index (χ3v) is 1.42. The maximum Gasteiger partial charge on any atom is 0.230 e. The first-order chi connectivity index (χ1) is 5.79. The second-order valence-corrected chi connectivity index (χ2v) is 2.36. The molecule has 1 aromatic carbocycles. The lowest BCUT2D eigenvalue weighted by molar-refractivity contribution is -0.402. The summed E-state index contributed by atoms with van der Waals surface area (Å²) in [5.74, 6) is 0. The van der Waals surface area contributed by atoms with Crippen LogP contribution in [-0.4, -0.2) is 4.92 Å². The van der Waals surface area contributed by atoms with Crippen LogP contribution in [0.15, 0.2) is 42.6 Å². The van der Waals surface area contributed by atoms with E-state index in [1.54, 1.807) is 0 Å². The van der Waals surface area contributed by atoms with Gasteiger partial charge in [0, 0.05) is 0 Å². The second-order valence-electron chi connectivity index (χ2n) is 2.36. The molecule has 0 aromatic heterocycles. The summed E-state index contributed by atoms with van der Waals surface area (Å²) >= 11 is 0. The standard InChI is InChI=1S/C9H9NO2/c11-10(12)8-4-7-9-5-2-1-3-6-9/h1-6,8H,7H2/b8-4-. The molecule has 0 amide bonds. The predicted molar refractivity (Wildman–Crippen MR) is 46.3 cm³/mol. The van der Waals surface area contributed by atoms with Gasteiger partial charge in [0.05, 0.1) is 4.92 Å². The quantitative estimate of drug-likeness (QED) is 0.505. The molecule has 0 aliphatic carbocycles. The predicted octanol–water partition coefficient (Wildman–Crippen LogP) is 2.02. The van der Waals surface area contributed by atoms with Crippen molar-refractivity contribution in [2.24, 2.45) is 0 Å². The lowest BCUT2D eigenvalue weighted by atomic mass is 10.1. The van der Waals surface area contributed by atoms with Gasteiger partial charge in [0.15, 0.2) is 0 Å². The van der Waals surface area contributed by atoms with E-state index in [1.807, 2.05) is 30.3 Å². The summed E-state index contributed by atoms with van der Waals surface area (Å²) in [6.07, 6.45) is 3.12. The van der Waals surface area contributed by atoms with Crippen LogP contribution in [-0.2, 0) is 6.42 Å². The SMILES string of the molecule is O=[N+]([O-])/C=C\Cc1ccccc1. The van der Waals surface area contributed by atoms with Crippen LogP contribution in [0.4, 0.5) is 0 Å². The number of nitrogens with zero attached hydrogens (tertiary/aromatic N) is 1. The fourth-order valence-electron chi connectivity index (χ4n) is 0.889. The Balaban J connectivity index is 2.49. The molecule has 1 rings (SSSR count). The first-order valence-corrected chi connectivity index (χ1v) is 3.63. The minimum Gasteiger partial charge on any atom is -0.259 e. The molecule has 0 aliphatic heterocycles. The minimum atomic E-state index is -0.455. The van der Waals surface area contributed by atoms with Gasteiger partial charge in [-0.3, -0.25) is 10.1 Å². The lowest BCUT2D eigenvalue weighted by Crippen LogP contribution is -1.84. The van der Waals surface area contributed by atoms with E-state index in [0.717, 1.165) is 11.8 Å². The number of hydrogen-bond acceptors (Lipinski definition) is 2. The Morgan fingerprint density at radius 2 is 2.00 bits per heavy atom. The van der Waals surface area contributed by atoms with Gasteiger partial charge in [0.1, 0.15) is 0 Å². The van der Waals surface area contributed by atoms with Gasteiger partial charge in [0.2, 0.25) is 6.20 Å². The van der Waals surface area contributed by atoms with Crippen LogP contribution in [0, 0.1) is 10.1 Å². The smallest absolute Gasteiger partial charge is 0.230 e. The molecule has 62 valence electrons. The van der Waals surface area contributed by atoms with Crippen LogP contribution in [0.3, 0.4) is 0 Å². The highest BCUT2D eigenvalue weighted by Crippen LogP contribution is 1.99.